The molecule has 0 fully saturated rings. The number of rotatable bonds is 6. The van der Waals surface area contributed by atoms with Crippen LogP contribution in [0.1, 0.15) is 18.1 Å². The number of amides is 1. The lowest BCUT2D eigenvalue weighted by molar-refractivity contribution is -0.117. The third-order valence-corrected chi connectivity index (χ3v) is 5.54. The van der Waals surface area contributed by atoms with Crippen LogP contribution >= 0.6 is 11.3 Å². The van der Waals surface area contributed by atoms with Gasteiger partial charge >= 0.3 is 0 Å². The van der Waals surface area contributed by atoms with Gasteiger partial charge in [0.15, 0.2) is 4.80 Å². The molecule has 0 aliphatic carbocycles. The quantitative estimate of drug-likeness (QED) is 0.601. The first-order chi connectivity index (χ1) is 13.6. The van der Waals surface area contributed by atoms with E-state index in [1.54, 1.807) is 14.2 Å². The van der Waals surface area contributed by atoms with Crippen molar-refractivity contribution >= 4 is 27.5 Å². The summed E-state index contributed by atoms with van der Waals surface area (Å²) in [7, 11) is 3.20. The van der Waals surface area contributed by atoms with Gasteiger partial charge in [-0.1, -0.05) is 48.4 Å². The Bertz CT molecular complexity index is 1100. The van der Waals surface area contributed by atoms with Crippen LogP contribution in [-0.2, 0) is 24.2 Å². The second kappa shape index (κ2) is 8.77. The van der Waals surface area contributed by atoms with Gasteiger partial charge in [-0.3, -0.25) is 4.79 Å². The molecule has 28 heavy (non-hydrogen) atoms. The van der Waals surface area contributed by atoms with Gasteiger partial charge < -0.3 is 14.0 Å². The van der Waals surface area contributed by atoms with E-state index in [4.69, 9.17) is 15.9 Å². The van der Waals surface area contributed by atoms with Gasteiger partial charge in [0.25, 0.3) is 5.91 Å². The zero-order valence-corrected chi connectivity index (χ0v) is 17.0. The van der Waals surface area contributed by atoms with Crippen LogP contribution in [0.3, 0.4) is 0 Å². The van der Waals surface area contributed by atoms with Crippen LogP contribution in [0.15, 0.2) is 41.4 Å². The maximum Gasteiger partial charge on any atom is 0.252 e. The van der Waals surface area contributed by atoms with E-state index in [9.17, 15) is 4.79 Å². The van der Waals surface area contributed by atoms with E-state index >= 15 is 0 Å². The zero-order valence-electron chi connectivity index (χ0n) is 16.2. The van der Waals surface area contributed by atoms with E-state index in [0.29, 0.717) is 16.3 Å². The van der Waals surface area contributed by atoms with Gasteiger partial charge in [0.05, 0.1) is 27.2 Å². The molecule has 1 amide bonds. The minimum atomic E-state index is -0.223. The van der Waals surface area contributed by atoms with E-state index < -0.39 is 0 Å². The van der Waals surface area contributed by atoms with Gasteiger partial charge in [0, 0.05) is 0 Å². The fourth-order valence-electron chi connectivity index (χ4n) is 2.99. The van der Waals surface area contributed by atoms with Crippen molar-refractivity contribution in [3.63, 3.8) is 0 Å². The first-order valence-electron chi connectivity index (χ1n) is 8.94. The van der Waals surface area contributed by atoms with Crippen molar-refractivity contribution in [1.29, 1.82) is 0 Å². The number of hydrogen-bond donors (Lipinski definition) is 0. The first kappa shape index (κ1) is 19.7. The monoisotopic (exact) mass is 394 g/mol. The number of terminal acetylenes is 1. The molecule has 2 aromatic carbocycles. The number of aromatic nitrogens is 1. The lowest BCUT2D eigenvalue weighted by Gasteiger charge is -2.08. The lowest BCUT2D eigenvalue weighted by atomic mass is 10.1. The second-order valence-electron chi connectivity index (χ2n) is 6.18. The van der Waals surface area contributed by atoms with E-state index in [1.807, 2.05) is 41.0 Å². The van der Waals surface area contributed by atoms with Crippen LogP contribution in [0, 0.1) is 12.3 Å². The highest BCUT2D eigenvalue weighted by Crippen LogP contribution is 2.35. The van der Waals surface area contributed by atoms with Gasteiger partial charge in [0.2, 0.25) is 0 Å². The Morgan fingerprint density at radius 3 is 2.36 bits per heavy atom. The van der Waals surface area contributed by atoms with E-state index in [0.717, 1.165) is 22.2 Å². The molecular formula is C22H22N2O3S. The van der Waals surface area contributed by atoms with Crippen molar-refractivity contribution in [3.05, 3.63) is 52.3 Å². The van der Waals surface area contributed by atoms with Gasteiger partial charge in [-0.2, -0.15) is 4.99 Å². The average Bonchev–Trinajstić information content (AvgIpc) is 3.06. The molecule has 1 heterocycles. The normalized spacial score (nSPS) is 11.4. The molecule has 0 unspecified atom stereocenters. The number of aryl methyl sites for hydroxylation is 1. The Morgan fingerprint density at radius 1 is 1.11 bits per heavy atom. The Kier molecular flexibility index (Phi) is 6.17. The smallest absolute Gasteiger partial charge is 0.252 e. The van der Waals surface area contributed by atoms with Crippen molar-refractivity contribution in [2.45, 2.75) is 26.3 Å². The Balaban J connectivity index is 2.06. The third kappa shape index (κ3) is 3.95. The minimum Gasteiger partial charge on any atom is -0.495 e. The van der Waals surface area contributed by atoms with Gasteiger partial charge in [-0.25, -0.2) is 0 Å². The zero-order chi connectivity index (χ0) is 20.1. The van der Waals surface area contributed by atoms with Gasteiger partial charge in [-0.05, 0) is 29.7 Å². The average molecular weight is 394 g/mol. The Labute approximate surface area is 168 Å². The van der Waals surface area contributed by atoms with Crippen LogP contribution in [0.4, 0.5) is 0 Å². The molecule has 0 N–H and O–H groups in total. The largest absolute Gasteiger partial charge is 0.495 e. The molecule has 144 valence electrons. The number of carbonyl (C=O) groups excluding carboxylic acids is 1. The number of hydrogen-bond acceptors (Lipinski definition) is 4. The molecule has 0 bridgehead atoms. The summed E-state index contributed by atoms with van der Waals surface area (Å²) >= 11 is 1.36. The number of nitrogens with zero attached hydrogens (tertiary/aromatic N) is 2. The highest BCUT2D eigenvalue weighted by Gasteiger charge is 2.16. The van der Waals surface area contributed by atoms with Gasteiger partial charge in [-0.15, -0.1) is 6.42 Å². The molecule has 3 rings (SSSR count). The lowest BCUT2D eigenvalue weighted by Crippen LogP contribution is -2.17. The molecule has 0 spiro atoms. The first-order valence-corrected chi connectivity index (χ1v) is 9.76. The minimum absolute atomic E-state index is 0.223. The summed E-state index contributed by atoms with van der Waals surface area (Å²) in [5, 5.41) is 0. The maximum absolute atomic E-state index is 12.6. The molecule has 0 saturated carbocycles. The highest BCUT2D eigenvalue weighted by atomic mass is 32.1. The van der Waals surface area contributed by atoms with Crippen LogP contribution < -0.4 is 14.3 Å². The van der Waals surface area contributed by atoms with Crippen LogP contribution in [0.25, 0.3) is 10.2 Å². The highest BCUT2D eigenvalue weighted by molar-refractivity contribution is 7.16. The maximum atomic E-state index is 12.6. The molecule has 0 saturated heterocycles. The molecule has 0 aliphatic rings. The summed E-state index contributed by atoms with van der Waals surface area (Å²) in [5.41, 5.74) is 2.96. The Hall–Kier alpha value is -3.04. The second-order valence-corrected chi connectivity index (χ2v) is 7.15. The number of carbonyl (C=O) groups is 1. The molecule has 3 aromatic rings. The molecule has 5 nitrogen and oxygen atoms in total. The van der Waals surface area contributed by atoms with Crippen LogP contribution in [-0.4, -0.2) is 24.7 Å². The summed E-state index contributed by atoms with van der Waals surface area (Å²) in [4.78, 5) is 17.5. The van der Waals surface area contributed by atoms with Crippen molar-refractivity contribution < 1.29 is 14.3 Å². The van der Waals surface area contributed by atoms with E-state index in [1.165, 1.54) is 16.9 Å². The number of fused-ring (bicyclic) bond motifs is 1. The van der Waals surface area contributed by atoms with Crippen molar-refractivity contribution in [1.82, 2.24) is 4.57 Å². The molecule has 1 aromatic heterocycles. The predicted molar refractivity (Wildman–Crippen MR) is 112 cm³/mol. The topological polar surface area (TPSA) is 52.8 Å². The van der Waals surface area contributed by atoms with Crippen molar-refractivity contribution in [2.24, 2.45) is 4.99 Å². The van der Waals surface area contributed by atoms with E-state index in [-0.39, 0.29) is 18.9 Å². The number of ether oxygens (including phenoxy) is 2. The number of methoxy groups -OCH3 is 2. The molecule has 0 radical (unpaired) electrons. The fourth-order valence-corrected chi connectivity index (χ4v) is 4.15. The third-order valence-electron chi connectivity index (χ3n) is 4.45. The summed E-state index contributed by atoms with van der Waals surface area (Å²) in [6, 6.07) is 11.7. The van der Waals surface area contributed by atoms with E-state index in [2.05, 4.69) is 17.8 Å². The SMILES string of the molecule is C#CCn1c(=NC(=O)Cc2ccc(CC)cc2)sc2c(OC)ccc(OC)c21. The van der Waals surface area contributed by atoms with Crippen LogP contribution in [0.5, 0.6) is 11.5 Å². The summed E-state index contributed by atoms with van der Waals surface area (Å²) in [6.07, 6.45) is 6.77. The molecular weight excluding hydrogens is 372 g/mol. The summed E-state index contributed by atoms with van der Waals surface area (Å²) < 4.78 is 13.6. The van der Waals surface area contributed by atoms with Crippen molar-refractivity contribution in [3.8, 4) is 23.8 Å². The molecule has 6 heteroatoms. The summed E-state index contributed by atoms with van der Waals surface area (Å²) in [5.74, 6) is 3.76. The predicted octanol–water partition coefficient (Wildman–Crippen LogP) is 3.59. The standard InChI is InChI=1S/C22H22N2O3S/c1-5-13-24-20-17(26-3)11-12-18(27-4)21(20)28-22(24)23-19(25)14-16-9-7-15(6-2)8-10-16/h1,7-12H,6,13-14H2,2-4H3. The summed E-state index contributed by atoms with van der Waals surface area (Å²) in [6.45, 7) is 2.38. The molecule has 0 aliphatic heterocycles. The molecule has 0 atom stereocenters. The van der Waals surface area contributed by atoms with Crippen LogP contribution in [0.2, 0.25) is 0 Å². The van der Waals surface area contributed by atoms with Crippen molar-refractivity contribution in [2.75, 3.05) is 14.2 Å². The number of thiazole rings is 1. The number of benzene rings is 2. The van der Waals surface area contributed by atoms with Gasteiger partial charge in [0.1, 0.15) is 21.7 Å². The fraction of sp³-hybridized carbons (Fsp3) is 0.273. The Morgan fingerprint density at radius 2 is 1.75 bits per heavy atom.